The van der Waals surface area contributed by atoms with Crippen molar-refractivity contribution in [1.29, 1.82) is 0 Å². The van der Waals surface area contributed by atoms with Crippen LogP contribution in [0.2, 0.25) is 5.02 Å². The van der Waals surface area contributed by atoms with Crippen LogP contribution in [0, 0.1) is 0 Å². The Balaban J connectivity index is 1.99. The highest BCUT2D eigenvalue weighted by Gasteiger charge is 2.41. The predicted molar refractivity (Wildman–Crippen MR) is 114 cm³/mol. The van der Waals surface area contributed by atoms with E-state index < -0.39 is 18.5 Å². The third-order valence-corrected chi connectivity index (χ3v) is 5.18. The van der Waals surface area contributed by atoms with Crippen molar-refractivity contribution in [2.45, 2.75) is 6.18 Å². The summed E-state index contributed by atoms with van der Waals surface area (Å²) in [5.41, 5.74) is 0.511. The van der Waals surface area contributed by atoms with E-state index in [2.05, 4.69) is 31.1 Å². The van der Waals surface area contributed by atoms with Crippen LogP contribution < -0.4 is 0 Å². The number of aromatic nitrogens is 2. The molecule has 156 valence electrons. The maximum Gasteiger partial charge on any atom is 0.437 e. The van der Waals surface area contributed by atoms with Crippen molar-refractivity contribution in [2.75, 3.05) is 13.2 Å². The lowest BCUT2D eigenvalue weighted by molar-refractivity contribution is -0.0617. The Hall–Kier alpha value is -2.49. The monoisotopic (exact) mass is 499 g/mol. The highest BCUT2D eigenvalue weighted by molar-refractivity contribution is 9.10. The Morgan fingerprint density at radius 2 is 1.90 bits per heavy atom. The fourth-order valence-electron chi connectivity index (χ4n) is 3.25. The molecule has 4 aromatic rings. The van der Waals surface area contributed by atoms with Crippen LogP contribution in [0.3, 0.4) is 0 Å². The molecule has 0 aliphatic carbocycles. The molecule has 0 aliphatic rings. The normalized spacial score (nSPS) is 12.8. The third-order valence-electron chi connectivity index (χ3n) is 4.46. The molecule has 10 heteroatoms. The molecule has 3 N–H and O–H groups in total. The highest BCUT2D eigenvalue weighted by Crippen LogP contribution is 2.37. The SMILES string of the molecule is OCCO/N=C(/c1c(-c2cc3cc(Cl)ccc3[nH]2)[nH]c2cc(Br)ccc12)C(F)(F)F. The number of hydrogen-bond donors (Lipinski definition) is 3. The van der Waals surface area contributed by atoms with Gasteiger partial charge in [-0.15, -0.1) is 0 Å². The maximum atomic E-state index is 13.9. The van der Waals surface area contributed by atoms with Gasteiger partial charge in [-0.1, -0.05) is 38.8 Å². The Morgan fingerprint density at radius 3 is 2.63 bits per heavy atom. The summed E-state index contributed by atoms with van der Waals surface area (Å²) in [6.45, 7) is -0.807. The molecule has 0 unspecified atom stereocenters. The summed E-state index contributed by atoms with van der Waals surface area (Å²) in [5, 5.41) is 13.8. The van der Waals surface area contributed by atoms with E-state index in [0.717, 1.165) is 10.9 Å². The van der Waals surface area contributed by atoms with Gasteiger partial charge in [0.1, 0.15) is 6.61 Å². The Morgan fingerprint density at radius 1 is 1.10 bits per heavy atom. The number of aliphatic hydroxyl groups is 1. The third kappa shape index (κ3) is 3.92. The van der Waals surface area contributed by atoms with Crippen LogP contribution in [0.25, 0.3) is 33.2 Å². The molecule has 2 aromatic carbocycles. The number of halogens is 5. The smallest absolute Gasteiger partial charge is 0.393 e. The van der Waals surface area contributed by atoms with Gasteiger partial charge in [0.15, 0.2) is 5.71 Å². The molecule has 0 saturated heterocycles. The van der Waals surface area contributed by atoms with E-state index in [9.17, 15) is 13.2 Å². The van der Waals surface area contributed by atoms with Gasteiger partial charge in [-0.05, 0) is 36.4 Å². The molecule has 0 aliphatic heterocycles. The molecule has 0 amide bonds. The number of rotatable bonds is 5. The summed E-state index contributed by atoms with van der Waals surface area (Å²) in [4.78, 5) is 10.9. The molecule has 2 aromatic heterocycles. The van der Waals surface area contributed by atoms with E-state index in [4.69, 9.17) is 21.5 Å². The second-order valence-electron chi connectivity index (χ2n) is 6.47. The van der Waals surface area contributed by atoms with Gasteiger partial charge < -0.3 is 19.9 Å². The summed E-state index contributed by atoms with van der Waals surface area (Å²) in [6, 6.07) is 11.8. The number of oxime groups is 1. The molecule has 30 heavy (non-hydrogen) atoms. The van der Waals surface area contributed by atoms with Gasteiger partial charge in [-0.2, -0.15) is 13.2 Å². The molecule has 5 nitrogen and oxygen atoms in total. The van der Waals surface area contributed by atoms with Crippen molar-refractivity contribution in [2.24, 2.45) is 5.16 Å². The van der Waals surface area contributed by atoms with Gasteiger partial charge in [0.2, 0.25) is 0 Å². The number of hydrogen-bond acceptors (Lipinski definition) is 3. The lowest BCUT2D eigenvalue weighted by atomic mass is 10.0. The first-order valence-corrected chi connectivity index (χ1v) is 9.93. The Kier molecular flexibility index (Phi) is 5.52. The highest BCUT2D eigenvalue weighted by atomic mass is 79.9. The van der Waals surface area contributed by atoms with Crippen LogP contribution >= 0.6 is 27.5 Å². The minimum Gasteiger partial charge on any atom is -0.393 e. The van der Waals surface area contributed by atoms with Crippen molar-refractivity contribution in [3.05, 3.63) is 57.5 Å². The van der Waals surface area contributed by atoms with E-state index in [1.807, 2.05) is 0 Å². The predicted octanol–water partition coefficient (Wildman–Crippen LogP) is 6.01. The first kappa shape index (κ1) is 20.8. The zero-order chi connectivity index (χ0) is 21.5. The zero-order valence-electron chi connectivity index (χ0n) is 15.1. The maximum absolute atomic E-state index is 13.9. The van der Waals surface area contributed by atoms with Crippen molar-refractivity contribution < 1.29 is 23.1 Å². The molecule has 0 atom stereocenters. The molecule has 0 radical (unpaired) electrons. The number of nitrogens with one attached hydrogen (secondary N) is 2. The molecule has 0 spiro atoms. The number of H-pyrrole nitrogens is 2. The average molecular weight is 501 g/mol. The number of benzene rings is 2. The van der Waals surface area contributed by atoms with Gasteiger partial charge in [-0.3, -0.25) is 0 Å². The quantitative estimate of drug-likeness (QED) is 0.178. The fraction of sp³-hybridized carbons (Fsp3) is 0.150. The van der Waals surface area contributed by atoms with Crippen LogP contribution in [-0.2, 0) is 4.84 Å². The van der Waals surface area contributed by atoms with Crippen LogP contribution in [0.5, 0.6) is 0 Å². The van der Waals surface area contributed by atoms with E-state index in [1.165, 1.54) is 0 Å². The van der Waals surface area contributed by atoms with Gasteiger partial charge in [0, 0.05) is 36.9 Å². The van der Waals surface area contributed by atoms with Crippen molar-refractivity contribution in [3.8, 4) is 11.4 Å². The van der Waals surface area contributed by atoms with Crippen LogP contribution in [0.4, 0.5) is 13.2 Å². The largest absolute Gasteiger partial charge is 0.437 e. The lowest BCUT2D eigenvalue weighted by Gasteiger charge is -2.11. The minimum atomic E-state index is -4.79. The molecule has 2 heterocycles. The molecular formula is C20H14BrClF3N3O2. The van der Waals surface area contributed by atoms with E-state index in [-0.39, 0.29) is 17.9 Å². The minimum absolute atomic E-state index is 0.152. The van der Waals surface area contributed by atoms with Crippen LogP contribution in [0.15, 0.2) is 52.1 Å². The van der Waals surface area contributed by atoms with Crippen LogP contribution in [-0.4, -0.2) is 40.2 Å². The summed E-state index contributed by atoms with van der Waals surface area (Å²) in [7, 11) is 0. The van der Waals surface area contributed by atoms with Gasteiger partial charge >= 0.3 is 6.18 Å². The number of alkyl halides is 3. The second-order valence-corrected chi connectivity index (χ2v) is 7.83. The Bertz CT molecular complexity index is 1260. The van der Waals surface area contributed by atoms with Crippen molar-refractivity contribution in [1.82, 2.24) is 9.97 Å². The number of aromatic amines is 2. The number of aliphatic hydroxyl groups excluding tert-OH is 1. The second kappa shape index (κ2) is 7.98. The zero-order valence-corrected chi connectivity index (χ0v) is 17.5. The van der Waals surface area contributed by atoms with Gasteiger partial charge in [0.25, 0.3) is 0 Å². The van der Waals surface area contributed by atoms with E-state index in [0.29, 0.717) is 26.1 Å². The summed E-state index contributed by atoms with van der Waals surface area (Å²) >= 11 is 9.38. The number of fused-ring (bicyclic) bond motifs is 2. The van der Waals surface area contributed by atoms with Crippen LogP contribution in [0.1, 0.15) is 5.56 Å². The average Bonchev–Trinajstić information content (AvgIpc) is 3.24. The molecule has 4 rings (SSSR count). The van der Waals surface area contributed by atoms with E-state index >= 15 is 0 Å². The summed E-state index contributed by atoms with van der Waals surface area (Å²) in [6.07, 6.45) is -4.79. The number of nitrogens with zero attached hydrogens (tertiary/aromatic N) is 1. The van der Waals surface area contributed by atoms with Gasteiger partial charge in [-0.25, -0.2) is 0 Å². The molecule has 0 saturated carbocycles. The lowest BCUT2D eigenvalue weighted by Crippen LogP contribution is -2.25. The topological polar surface area (TPSA) is 73.4 Å². The fourth-order valence-corrected chi connectivity index (χ4v) is 3.79. The molecule has 0 fully saturated rings. The Labute approximate surface area is 181 Å². The van der Waals surface area contributed by atoms with E-state index in [1.54, 1.807) is 42.5 Å². The first-order valence-electron chi connectivity index (χ1n) is 8.76. The standard InChI is InChI=1S/C20H14BrClF3N3O2/c21-11-1-3-13-15(9-11)27-18(16-8-10-7-12(22)2-4-14(10)26-16)17(13)19(20(23,24)25)28-30-6-5-29/h1-4,7-9,26-27,29H,5-6H2/b28-19-. The van der Waals surface area contributed by atoms with Crippen molar-refractivity contribution >= 4 is 55.0 Å². The molecular weight excluding hydrogens is 487 g/mol. The summed E-state index contributed by atoms with van der Waals surface area (Å²) in [5.74, 6) is 0. The van der Waals surface area contributed by atoms with Gasteiger partial charge in [0.05, 0.1) is 18.0 Å². The van der Waals surface area contributed by atoms with Crippen molar-refractivity contribution in [3.63, 3.8) is 0 Å². The first-order chi connectivity index (χ1) is 14.3. The summed E-state index contributed by atoms with van der Waals surface area (Å²) < 4.78 is 42.5. The molecule has 0 bridgehead atoms.